The Morgan fingerprint density at radius 3 is 2.80 bits per heavy atom. The van der Waals surface area contributed by atoms with Gasteiger partial charge in [0.15, 0.2) is 4.80 Å². The zero-order valence-electron chi connectivity index (χ0n) is 8.64. The van der Waals surface area contributed by atoms with E-state index in [-0.39, 0.29) is 0 Å². The summed E-state index contributed by atoms with van der Waals surface area (Å²) in [4.78, 5) is 16.2. The van der Waals surface area contributed by atoms with E-state index in [1.807, 2.05) is 0 Å². The Bertz CT molecular complexity index is 427. The second kappa shape index (κ2) is 4.18. The van der Waals surface area contributed by atoms with Crippen LogP contribution in [0.3, 0.4) is 0 Å². The number of carbonyl (C=O) groups is 1. The van der Waals surface area contributed by atoms with E-state index in [0.717, 1.165) is 17.6 Å². The van der Waals surface area contributed by atoms with Gasteiger partial charge in [-0.25, -0.2) is 4.79 Å². The zero-order chi connectivity index (χ0) is 10.8. The highest BCUT2D eigenvalue weighted by Gasteiger charge is 2.15. The molecule has 0 atom stereocenters. The van der Waals surface area contributed by atoms with Crippen LogP contribution < -0.4 is 4.80 Å². The van der Waals surface area contributed by atoms with Crippen molar-refractivity contribution in [2.24, 2.45) is 12.0 Å². The van der Waals surface area contributed by atoms with Crippen molar-refractivity contribution in [3.05, 3.63) is 15.9 Å². The maximum atomic E-state index is 10.8. The van der Waals surface area contributed by atoms with Gasteiger partial charge in [-0.3, -0.25) is 4.99 Å². The Kier molecular flexibility index (Phi) is 2.90. The molecule has 0 unspecified atom stereocenters. The normalized spacial score (nSPS) is 18.6. The highest BCUT2D eigenvalue weighted by atomic mass is 32.1. The van der Waals surface area contributed by atoms with Gasteiger partial charge in [0, 0.05) is 12.4 Å². The topological polar surface area (TPSA) is 54.6 Å². The summed E-state index contributed by atoms with van der Waals surface area (Å²) >= 11 is 1.41. The number of aromatic nitrogens is 1. The van der Waals surface area contributed by atoms with E-state index in [4.69, 9.17) is 5.11 Å². The van der Waals surface area contributed by atoms with Crippen LogP contribution in [0.5, 0.6) is 0 Å². The van der Waals surface area contributed by atoms with Crippen LogP contribution in [0.1, 0.15) is 36.2 Å². The summed E-state index contributed by atoms with van der Waals surface area (Å²) in [6.45, 7) is 0. The van der Waals surface area contributed by atoms with Crippen molar-refractivity contribution < 1.29 is 9.90 Å². The van der Waals surface area contributed by atoms with Gasteiger partial charge in [-0.2, -0.15) is 0 Å². The van der Waals surface area contributed by atoms with Crippen LogP contribution in [0.25, 0.3) is 0 Å². The molecule has 0 amide bonds. The predicted molar refractivity (Wildman–Crippen MR) is 58.1 cm³/mol. The monoisotopic (exact) mass is 226 g/mol. The molecule has 1 fully saturated rings. The lowest BCUT2D eigenvalue weighted by Gasteiger charge is -2.00. The summed E-state index contributed by atoms with van der Waals surface area (Å²) in [6, 6.07) is 0.400. The standard InChI is InChI=1S/C10H14N2O2S/c1-12-8(9(13)14)6-15-10(12)11-7-4-2-3-5-7/h6-7H,2-5H2,1H3,(H,13,14). The summed E-state index contributed by atoms with van der Waals surface area (Å²) in [5.74, 6) is -0.887. The van der Waals surface area contributed by atoms with Crippen molar-refractivity contribution in [1.29, 1.82) is 0 Å². The predicted octanol–water partition coefficient (Wildman–Crippen LogP) is 1.63. The number of nitrogens with zero attached hydrogens (tertiary/aromatic N) is 2. The lowest BCUT2D eigenvalue weighted by Crippen LogP contribution is -2.18. The first-order valence-electron chi connectivity index (χ1n) is 5.10. The molecule has 4 nitrogen and oxygen atoms in total. The molecule has 5 heteroatoms. The molecule has 1 aliphatic carbocycles. The van der Waals surface area contributed by atoms with Gasteiger partial charge in [-0.15, -0.1) is 11.3 Å². The summed E-state index contributed by atoms with van der Waals surface area (Å²) in [5, 5.41) is 10.5. The molecule has 0 saturated heterocycles. The van der Waals surface area contributed by atoms with Crippen molar-refractivity contribution in [2.75, 3.05) is 0 Å². The minimum Gasteiger partial charge on any atom is -0.477 e. The second-order valence-corrected chi connectivity index (χ2v) is 4.67. The summed E-state index contributed by atoms with van der Waals surface area (Å²) in [5.41, 5.74) is 0.316. The van der Waals surface area contributed by atoms with Crippen LogP contribution in [0.15, 0.2) is 10.4 Å². The van der Waals surface area contributed by atoms with E-state index in [9.17, 15) is 4.79 Å². The van der Waals surface area contributed by atoms with E-state index in [1.165, 1.54) is 24.2 Å². The Labute approximate surface area is 91.9 Å². The third-order valence-corrected chi connectivity index (χ3v) is 3.69. The maximum absolute atomic E-state index is 10.8. The van der Waals surface area contributed by atoms with Gasteiger partial charge in [0.2, 0.25) is 0 Å². The van der Waals surface area contributed by atoms with Gasteiger partial charge in [0.25, 0.3) is 0 Å². The minimum absolute atomic E-state index is 0.316. The minimum atomic E-state index is -0.887. The van der Waals surface area contributed by atoms with Crippen LogP contribution in [0, 0.1) is 0 Å². The molecule has 0 spiro atoms. The molecule has 0 aromatic carbocycles. The Balaban J connectivity index is 2.32. The number of thiazole rings is 1. The summed E-state index contributed by atoms with van der Waals surface area (Å²) in [6.07, 6.45) is 4.77. The van der Waals surface area contributed by atoms with Crippen molar-refractivity contribution in [3.8, 4) is 0 Å². The van der Waals surface area contributed by atoms with E-state index >= 15 is 0 Å². The molecule has 0 bridgehead atoms. The fourth-order valence-corrected chi connectivity index (χ4v) is 2.81. The molecule has 1 aliphatic rings. The van der Waals surface area contributed by atoms with E-state index < -0.39 is 5.97 Å². The van der Waals surface area contributed by atoms with Gasteiger partial charge in [0.1, 0.15) is 5.69 Å². The number of aromatic carboxylic acids is 1. The number of carboxylic acid groups (broad SMARTS) is 1. The number of hydrogen-bond donors (Lipinski definition) is 1. The molecule has 1 heterocycles. The first kappa shape index (κ1) is 10.4. The smallest absolute Gasteiger partial charge is 0.353 e. The second-order valence-electron chi connectivity index (χ2n) is 3.84. The van der Waals surface area contributed by atoms with Crippen molar-refractivity contribution in [3.63, 3.8) is 0 Å². The lowest BCUT2D eigenvalue weighted by atomic mass is 10.3. The third-order valence-electron chi connectivity index (χ3n) is 2.76. The highest BCUT2D eigenvalue weighted by molar-refractivity contribution is 7.07. The molecule has 0 aliphatic heterocycles. The highest BCUT2D eigenvalue weighted by Crippen LogP contribution is 2.20. The lowest BCUT2D eigenvalue weighted by molar-refractivity contribution is 0.0686. The van der Waals surface area contributed by atoms with Crippen LogP contribution in [0.2, 0.25) is 0 Å². The van der Waals surface area contributed by atoms with Crippen LogP contribution in [-0.2, 0) is 7.05 Å². The van der Waals surface area contributed by atoms with Crippen molar-refractivity contribution >= 4 is 17.3 Å². The molecular weight excluding hydrogens is 212 g/mol. The number of rotatable bonds is 2. The van der Waals surface area contributed by atoms with E-state index in [0.29, 0.717) is 11.7 Å². The summed E-state index contributed by atoms with van der Waals surface area (Å²) in [7, 11) is 1.76. The average molecular weight is 226 g/mol. The molecule has 15 heavy (non-hydrogen) atoms. The molecule has 0 radical (unpaired) electrons. The first-order chi connectivity index (χ1) is 7.18. The molecule has 1 aromatic rings. The Hall–Kier alpha value is -1.10. The molecule has 1 N–H and O–H groups in total. The van der Waals surface area contributed by atoms with Gasteiger partial charge >= 0.3 is 5.97 Å². The van der Waals surface area contributed by atoms with Crippen LogP contribution in [-0.4, -0.2) is 21.7 Å². The Morgan fingerprint density at radius 1 is 1.60 bits per heavy atom. The van der Waals surface area contributed by atoms with Crippen LogP contribution in [0.4, 0.5) is 0 Å². The average Bonchev–Trinajstić information content (AvgIpc) is 2.78. The molecule has 1 saturated carbocycles. The fourth-order valence-electron chi connectivity index (χ4n) is 1.87. The van der Waals surface area contributed by atoms with Gasteiger partial charge in [0.05, 0.1) is 6.04 Å². The Morgan fingerprint density at radius 2 is 2.27 bits per heavy atom. The third kappa shape index (κ3) is 2.12. The van der Waals surface area contributed by atoms with Crippen molar-refractivity contribution in [2.45, 2.75) is 31.7 Å². The van der Waals surface area contributed by atoms with E-state index in [2.05, 4.69) is 4.99 Å². The molecule has 1 aromatic heterocycles. The summed E-state index contributed by atoms with van der Waals surface area (Å²) < 4.78 is 1.66. The van der Waals surface area contributed by atoms with E-state index in [1.54, 1.807) is 17.0 Å². The van der Waals surface area contributed by atoms with Gasteiger partial charge in [-0.1, -0.05) is 12.8 Å². The quantitative estimate of drug-likeness (QED) is 0.833. The SMILES string of the molecule is Cn1c(C(=O)O)csc1=NC1CCCC1. The molecule has 82 valence electrons. The molecule has 2 rings (SSSR count). The van der Waals surface area contributed by atoms with Crippen LogP contribution >= 0.6 is 11.3 Å². The van der Waals surface area contributed by atoms with Crippen molar-refractivity contribution in [1.82, 2.24) is 4.57 Å². The largest absolute Gasteiger partial charge is 0.477 e. The van der Waals surface area contributed by atoms with Gasteiger partial charge < -0.3 is 9.67 Å². The number of carboxylic acids is 1. The van der Waals surface area contributed by atoms with Gasteiger partial charge in [-0.05, 0) is 12.8 Å². The first-order valence-corrected chi connectivity index (χ1v) is 5.98. The maximum Gasteiger partial charge on any atom is 0.353 e. The fraction of sp³-hybridized carbons (Fsp3) is 0.600. The number of hydrogen-bond acceptors (Lipinski definition) is 3. The molecular formula is C10H14N2O2S. The zero-order valence-corrected chi connectivity index (χ0v) is 9.46.